The van der Waals surface area contributed by atoms with Crippen molar-refractivity contribution in [2.45, 2.75) is 51.1 Å². The van der Waals surface area contributed by atoms with E-state index in [1.54, 1.807) is 0 Å². The number of nitrogens with two attached hydrogens (primary N) is 1. The summed E-state index contributed by atoms with van der Waals surface area (Å²) in [6.45, 7) is 5.08. The minimum absolute atomic E-state index is 0.295. The molecule has 2 unspecified atom stereocenters. The van der Waals surface area contributed by atoms with Gasteiger partial charge in [-0.05, 0) is 43.2 Å². The summed E-state index contributed by atoms with van der Waals surface area (Å²) in [6, 6.07) is 9.77. The standard InChI is InChI=1S/C15H24N2/c1-3-11(2)17-15(10-16)14-6-4-5-13(9-14)12-7-8-12/h4-6,9,11-12,15,17H,3,7-8,10,16H2,1-2H3. The van der Waals surface area contributed by atoms with E-state index in [0.29, 0.717) is 18.6 Å². The summed E-state index contributed by atoms with van der Waals surface area (Å²) in [4.78, 5) is 0. The van der Waals surface area contributed by atoms with E-state index in [4.69, 9.17) is 5.73 Å². The maximum Gasteiger partial charge on any atom is 0.0446 e. The Hall–Kier alpha value is -0.860. The Bertz CT molecular complexity index is 358. The lowest BCUT2D eigenvalue weighted by Gasteiger charge is -2.22. The minimum atomic E-state index is 0.295. The molecule has 0 spiro atoms. The summed E-state index contributed by atoms with van der Waals surface area (Å²) in [7, 11) is 0. The first kappa shape index (κ1) is 12.6. The zero-order valence-corrected chi connectivity index (χ0v) is 10.9. The summed E-state index contributed by atoms with van der Waals surface area (Å²) < 4.78 is 0. The fraction of sp³-hybridized carbons (Fsp3) is 0.600. The van der Waals surface area contributed by atoms with E-state index in [0.717, 1.165) is 12.3 Å². The van der Waals surface area contributed by atoms with E-state index in [2.05, 4.69) is 43.4 Å². The molecule has 2 rings (SSSR count). The van der Waals surface area contributed by atoms with Crippen LogP contribution in [0.15, 0.2) is 24.3 Å². The van der Waals surface area contributed by atoms with Gasteiger partial charge in [-0.2, -0.15) is 0 Å². The molecule has 1 aromatic rings. The predicted molar refractivity (Wildman–Crippen MR) is 73.1 cm³/mol. The van der Waals surface area contributed by atoms with Crippen LogP contribution in [0, 0.1) is 0 Å². The SMILES string of the molecule is CCC(C)NC(CN)c1cccc(C2CC2)c1. The Kier molecular flexibility index (Phi) is 4.19. The Morgan fingerprint density at radius 2 is 2.18 bits per heavy atom. The van der Waals surface area contributed by atoms with E-state index in [9.17, 15) is 0 Å². The van der Waals surface area contributed by atoms with Gasteiger partial charge in [-0.15, -0.1) is 0 Å². The van der Waals surface area contributed by atoms with Crippen molar-refractivity contribution in [2.75, 3.05) is 6.54 Å². The average molecular weight is 232 g/mol. The number of hydrogen-bond acceptors (Lipinski definition) is 2. The molecule has 1 aliphatic carbocycles. The van der Waals surface area contributed by atoms with Crippen LogP contribution in [-0.2, 0) is 0 Å². The molecule has 0 amide bonds. The molecule has 0 heterocycles. The molecule has 0 radical (unpaired) electrons. The zero-order valence-electron chi connectivity index (χ0n) is 10.9. The highest BCUT2D eigenvalue weighted by Crippen LogP contribution is 2.40. The van der Waals surface area contributed by atoms with Gasteiger partial charge >= 0.3 is 0 Å². The molecule has 0 bridgehead atoms. The third-order valence-corrected chi connectivity index (χ3v) is 3.70. The van der Waals surface area contributed by atoms with Gasteiger partial charge in [0, 0.05) is 18.6 Å². The molecular formula is C15H24N2. The van der Waals surface area contributed by atoms with E-state index >= 15 is 0 Å². The van der Waals surface area contributed by atoms with Crippen molar-refractivity contribution in [2.24, 2.45) is 5.73 Å². The van der Waals surface area contributed by atoms with Crippen LogP contribution in [0.1, 0.15) is 56.2 Å². The highest BCUT2D eigenvalue weighted by molar-refractivity contribution is 5.31. The smallest absolute Gasteiger partial charge is 0.0446 e. The van der Waals surface area contributed by atoms with Gasteiger partial charge in [0.2, 0.25) is 0 Å². The van der Waals surface area contributed by atoms with Crippen LogP contribution in [0.3, 0.4) is 0 Å². The van der Waals surface area contributed by atoms with Crippen LogP contribution < -0.4 is 11.1 Å². The van der Waals surface area contributed by atoms with Gasteiger partial charge in [0.1, 0.15) is 0 Å². The van der Waals surface area contributed by atoms with E-state index in [1.807, 2.05) is 0 Å². The highest BCUT2D eigenvalue weighted by Gasteiger charge is 2.24. The maximum absolute atomic E-state index is 5.89. The normalized spacial score (nSPS) is 19.0. The van der Waals surface area contributed by atoms with Gasteiger partial charge in [0.05, 0.1) is 0 Å². The van der Waals surface area contributed by atoms with E-state index in [1.165, 1.54) is 24.0 Å². The van der Waals surface area contributed by atoms with Gasteiger partial charge in [-0.3, -0.25) is 0 Å². The van der Waals surface area contributed by atoms with Crippen LogP contribution >= 0.6 is 0 Å². The van der Waals surface area contributed by atoms with Gasteiger partial charge in [0.15, 0.2) is 0 Å². The maximum atomic E-state index is 5.89. The average Bonchev–Trinajstić information content (AvgIpc) is 3.20. The lowest BCUT2D eigenvalue weighted by molar-refractivity contribution is 0.451. The topological polar surface area (TPSA) is 38.0 Å². The van der Waals surface area contributed by atoms with Crippen LogP contribution in [0.4, 0.5) is 0 Å². The summed E-state index contributed by atoms with van der Waals surface area (Å²) in [5.74, 6) is 0.817. The fourth-order valence-corrected chi connectivity index (χ4v) is 2.21. The first-order chi connectivity index (χ1) is 8.24. The van der Waals surface area contributed by atoms with Crippen molar-refractivity contribution in [3.63, 3.8) is 0 Å². The molecule has 1 fully saturated rings. The van der Waals surface area contributed by atoms with Gasteiger partial charge in [0.25, 0.3) is 0 Å². The second-order valence-corrected chi connectivity index (χ2v) is 5.21. The molecule has 2 nitrogen and oxygen atoms in total. The van der Waals surface area contributed by atoms with Crippen LogP contribution in [0.25, 0.3) is 0 Å². The number of nitrogens with one attached hydrogen (secondary N) is 1. The monoisotopic (exact) mass is 232 g/mol. The summed E-state index contributed by atoms with van der Waals surface area (Å²) >= 11 is 0. The Morgan fingerprint density at radius 3 is 2.76 bits per heavy atom. The van der Waals surface area contributed by atoms with Crippen LogP contribution in [-0.4, -0.2) is 12.6 Å². The van der Waals surface area contributed by atoms with Crippen molar-refractivity contribution >= 4 is 0 Å². The Labute approximate surface area is 105 Å². The zero-order chi connectivity index (χ0) is 12.3. The first-order valence-electron chi connectivity index (χ1n) is 6.80. The summed E-state index contributed by atoms with van der Waals surface area (Å²) in [5.41, 5.74) is 8.72. The molecule has 17 heavy (non-hydrogen) atoms. The fourth-order valence-electron chi connectivity index (χ4n) is 2.21. The van der Waals surface area contributed by atoms with E-state index in [-0.39, 0.29) is 0 Å². The summed E-state index contributed by atoms with van der Waals surface area (Å²) in [5, 5.41) is 3.59. The molecule has 2 heteroatoms. The highest BCUT2D eigenvalue weighted by atomic mass is 15.0. The molecule has 94 valence electrons. The third kappa shape index (κ3) is 3.30. The predicted octanol–water partition coefficient (Wildman–Crippen LogP) is 2.95. The van der Waals surface area contributed by atoms with Gasteiger partial charge in [-0.25, -0.2) is 0 Å². The second-order valence-electron chi connectivity index (χ2n) is 5.21. The number of rotatable bonds is 6. The molecule has 1 saturated carbocycles. The number of hydrogen-bond donors (Lipinski definition) is 2. The summed E-state index contributed by atoms with van der Waals surface area (Å²) in [6.07, 6.45) is 3.85. The quantitative estimate of drug-likeness (QED) is 0.791. The molecular weight excluding hydrogens is 208 g/mol. The molecule has 2 atom stereocenters. The second kappa shape index (κ2) is 5.65. The molecule has 1 aliphatic rings. The van der Waals surface area contributed by atoms with Crippen LogP contribution in [0.2, 0.25) is 0 Å². The molecule has 3 N–H and O–H groups in total. The van der Waals surface area contributed by atoms with Gasteiger partial charge < -0.3 is 11.1 Å². The van der Waals surface area contributed by atoms with Crippen molar-refractivity contribution in [1.82, 2.24) is 5.32 Å². The molecule has 0 saturated heterocycles. The van der Waals surface area contributed by atoms with Crippen molar-refractivity contribution in [3.8, 4) is 0 Å². The molecule has 0 aliphatic heterocycles. The minimum Gasteiger partial charge on any atom is -0.329 e. The first-order valence-corrected chi connectivity index (χ1v) is 6.80. The number of benzene rings is 1. The van der Waals surface area contributed by atoms with Crippen molar-refractivity contribution in [3.05, 3.63) is 35.4 Å². The van der Waals surface area contributed by atoms with Crippen LogP contribution in [0.5, 0.6) is 0 Å². The molecule has 0 aromatic heterocycles. The molecule has 1 aromatic carbocycles. The largest absolute Gasteiger partial charge is 0.329 e. The lowest BCUT2D eigenvalue weighted by Crippen LogP contribution is -2.34. The van der Waals surface area contributed by atoms with Crippen molar-refractivity contribution < 1.29 is 0 Å². The van der Waals surface area contributed by atoms with E-state index < -0.39 is 0 Å². The Morgan fingerprint density at radius 1 is 1.41 bits per heavy atom. The lowest BCUT2D eigenvalue weighted by atomic mass is 10.0. The van der Waals surface area contributed by atoms with Gasteiger partial charge in [-0.1, -0.05) is 31.2 Å². The Balaban J connectivity index is 2.09. The van der Waals surface area contributed by atoms with Crippen molar-refractivity contribution in [1.29, 1.82) is 0 Å². The third-order valence-electron chi connectivity index (χ3n) is 3.70.